The number of rotatable bonds is 10. The number of hydrogen-bond acceptors (Lipinski definition) is 7. The molecule has 0 aliphatic carbocycles. The van der Waals surface area contributed by atoms with Crippen molar-refractivity contribution < 1.29 is 21.6 Å². The average molecular weight is 506 g/mol. The summed E-state index contributed by atoms with van der Waals surface area (Å²) in [6.45, 7) is 2.35. The minimum absolute atomic E-state index is 0.0124. The van der Waals surface area contributed by atoms with Crippen molar-refractivity contribution in [2.75, 3.05) is 43.8 Å². The highest BCUT2D eigenvalue weighted by Gasteiger charge is 2.28. The summed E-state index contributed by atoms with van der Waals surface area (Å²) in [5.74, 6) is -0.736. The first-order valence-corrected chi connectivity index (χ1v) is 13.0. The number of anilines is 1. The van der Waals surface area contributed by atoms with Gasteiger partial charge in [0.1, 0.15) is 0 Å². The SMILES string of the molecule is CN(C)C1CCN(CCS(=O)(=O)N(Cc2ccc(-c3nnc(C(F)F)o3)cc2)c2ccccc2)C1. The molecule has 188 valence electrons. The van der Waals surface area contributed by atoms with Crippen LogP contribution in [0.2, 0.25) is 0 Å². The van der Waals surface area contributed by atoms with E-state index in [2.05, 4.69) is 20.0 Å². The van der Waals surface area contributed by atoms with E-state index in [0.717, 1.165) is 25.1 Å². The molecule has 0 amide bonds. The number of benzene rings is 2. The summed E-state index contributed by atoms with van der Waals surface area (Å²) < 4.78 is 58.8. The zero-order chi connectivity index (χ0) is 25.0. The van der Waals surface area contributed by atoms with Gasteiger partial charge >= 0.3 is 6.43 Å². The van der Waals surface area contributed by atoms with Crippen molar-refractivity contribution in [2.45, 2.75) is 25.4 Å². The Morgan fingerprint density at radius 1 is 1.09 bits per heavy atom. The lowest BCUT2D eigenvalue weighted by Gasteiger charge is -2.26. The molecule has 11 heteroatoms. The van der Waals surface area contributed by atoms with Gasteiger partial charge in [0.25, 0.3) is 5.89 Å². The van der Waals surface area contributed by atoms with E-state index >= 15 is 0 Å². The molecule has 4 rings (SSSR count). The van der Waals surface area contributed by atoms with Crippen molar-refractivity contribution in [2.24, 2.45) is 0 Å². The van der Waals surface area contributed by atoms with Crippen molar-refractivity contribution >= 4 is 15.7 Å². The van der Waals surface area contributed by atoms with Crippen molar-refractivity contribution in [3.05, 3.63) is 66.1 Å². The highest BCUT2D eigenvalue weighted by molar-refractivity contribution is 7.92. The number of likely N-dealkylation sites (N-methyl/N-ethyl adjacent to an activating group) is 1. The average Bonchev–Trinajstić information content (AvgIpc) is 3.53. The smallest absolute Gasteiger partial charge is 0.314 e. The van der Waals surface area contributed by atoms with Gasteiger partial charge in [-0.25, -0.2) is 8.42 Å². The quantitative estimate of drug-likeness (QED) is 0.416. The van der Waals surface area contributed by atoms with Crippen LogP contribution in [0.5, 0.6) is 0 Å². The Morgan fingerprint density at radius 3 is 2.40 bits per heavy atom. The van der Waals surface area contributed by atoms with Crippen LogP contribution < -0.4 is 4.31 Å². The summed E-state index contributed by atoms with van der Waals surface area (Å²) in [5.41, 5.74) is 1.80. The molecule has 0 spiro atoms. The van der Waals surface area contributed by atoms with Crippen LogP contribution in [0.4, 0.5) is 14.5 Å². The fourth-order valence-corrected chi connectivity index (χ4v) is 5.59. The molecule has 1 aliphatic heterocycles. The summed E-state index contributed by atoms with van der Waals surface area (Å²) in [4.78, 5) is 4.37. The lowest BCUT2D eigenvalue weighted by molar-refractivity contribution is 0.116. The van der Waals surface area contributed by atoms with Crippen LogP contribution in [-0.4, -0.2) is 73.9 Å². The van der Waals surface area contributed by atoms with Crippen molar-refractivity contribution in [1.82, 2.24) is 20.0 Å². The van der Waals surface area contributed by atoms with E-state index in [4.69, 9.17) is 4.42 Å². The van der Waals surface area contributed by atoms with Gasteiger partial charge in [-0.2, -0.15) is 8.78 Å². The fourth-order valence-electron chi connectivity index (χ4n) is 4.09. The molecule has 0 N–H and O–H groups in total. The van der Waals surface area contributed by atoms with Crippen LogP contribution in [-0.2, 0) is 16.6 Å². The third-order valence-corrected chi connectivity index (χ3v) is 7.89. The molecule has 0 bridgehead atoms. The molecule has 1 unspecified atom stereocenters. The van der Waals surface area contributed by atoms with Crippen LogP contribution in [0.1, 0.15) is 24.3 Å². The molecule has 35 heavy (non-hydrogen) atoms. The standard InChI is InChI=1S/C24H29F2N5O3S/c1-29(2)21-12-13-30(17-21)14-15-35(32,33)31(20-6-4-3-5-7-20)16-18-8-10-19(11-9-18)23-27-28-24(34-23)22(25)26/h3-11,21-22H,12-17H2,1-2H3. The fraction of sp³-hybridized carbons (Fsp3) is 0.417. The molecule has 1 aliphatic rings. The van der Waals surface area contributed by atoms with E-state index in [0.29, 0.717) is 23.8 Å². The maximum absolute atomic E-state index is 13.4. The predicted octanol–water partition coefficient (Wildman–Crippen LogP) is 3.65. The number of nitrogens with zero attached hydrogens (tertiary/aromatic N) is 5. The molecule has 0 radical (unpaired) electrons. The zero-order valence-electron chi connectivity index (χ0n) is 19.7. The van der Waals surface area contributed by atoms with E-state index in [9.17, 15) is 17.2 Å². The first-order chi connectivity index (χ1) is 16.7. The lowest BCUT2D eigenvalue weighted by atomic mass is 10.1. The third-order valence-electron chi connectivity index (χ3n) is 6.18. The first kappa shape index (κ1) is 25.2. The van der Waals surface area contributed by atoms with Gasteiger partial charge in [0, 0.05) is 24.7 Å². The van der Waals surface area contributed by atoms with E-state index in [-0.39, 0.29) is 18.2 Å². The predicted molar refractivity (Wildman–Crippen MR) is 130 cm³/mol. The van der Waals surface area contributed by atoms with Gasteiger partial charge in [0.2, 0.25) is 15.9 Å². The number of para-hydroxylation sites is 1. The van der Waals surface area contributed by atoms with Crippen molar-refractivity contribution in [1.29, 1.82) is 0 Å². The Labute approximate surface area is 204 Å². The van der Waals surface area contributed by atoms with E-state index < -0.39 is 22.3 Å². The van der Waals surface area contributed by atoms with Crippen molar-refractivity contribution in [3.8, 4) is 11.5 Å². The molecule has 3 aromatic rings. The summed E-state index contributed by atoms with van der Waals surface area (Å²) in [6, 6.07) is 16.2. The number of likely N-dealkylation sites (tertiary alicyclic amines) is 1. The molecule has 1 fully saturated rings. The van der Waals surface area contributed by atoms with Gasteiger partial charge < -0.3 is 14.2 Å². The van der Waals surface area contributed by atoms with E-state index in [1.165, 1.54) is 4.31 Å². The van der Waals surface area contributed by atoms with Gasteiger partial charge in [-0.1, -0.05) is 30.3 Å². The molecule has 2 heterocycles. The second-order valence-electron chi connectivity index (χ2n) is 8.81. The zero-order valence-corrected chi connectivity index (χ0v) is 20.5. The van der Waals surface area contributed by atoms with Crippen LogP contribution in [0.15, 0.2) is 59.0 Å². The number of halogens is 2. The summed E-state index contributed by atoms with van der Waals surface area (Å²) in [5, 5.41) is 6.99. The molecule has 1 aromatic heterocycles. The second kappa shape index (κ2) is 10.8. The van der Waals surface area contributed by atoms with Crippen molar-refractivity contribution in [3.63, 3.8) is 0 Å². The molecule has 8 nitrogen and oxygen atoms in total. The van der Waals surface area contributed by atoms with Gasteiger partial charge in [0.15, 0.2) is 0 Å². The monoisotopic (exact) mass is 505 g/mol. The largest absolute Gasteiger partial charge is 0.415 e. The Morgan fingerprint density at radius 2 is 1.80 bits per heavy atom. The van der Waals surface area contributed by atoms with Gasteiger partial charge in [0.05, 0.1) is 18.0 Å². The maximum Gasteiger partial charge on any atom is 0.314 e. The van der Waals surface area contributed by atoms with Crippen LogP contribution in [0.3, 0.4) is 0 Å². The van der Waals surface area contributed by atoms with Gasteiger partial charge in [-0.05, 0) is 56.9 Å². The van der Waals surface area contributed by atoms with Gasteiger partial charge in [-0.3, -0.25) is 4.31 Å². The van der Waals surface area contributed by atoms with Crippen LogP contribution in [0, 0.1) is 0 Å². The highest BCUT2D eigenvalue weighted by Crippen LogP contribution is 2.26. The molecule has 0 saturated carbocycles. The summed E-state index contributed by atoms with van der Waals surface area (Å²) in [6.07, 6.45) is -1.81. The topological polar surface area (TPSA) is 82.8 Å². The molecule has 2 aromatic carbocycles. The number of hydrogen-bond donors (Lipinski definition) is 0. The number of aromatic nitrogens is 2. The Balaban J connectivity index is 1.49. The Bertz CT molecular complexity index is 1200. The lowest BCUT2D eigenvalue weighted by Crippen LogP contribution is -2.38. The molecular formula is C24H29F2N5O3S. The maximum atomic E-state index is 13.4. The second-order valence-corrected chi connectivity index (χ2v) is 10.8. The van der Waals surface area contributed by atoms with Gasteiger partial charge in [-0.15, -0.1) is 10.2 Å². The Hall–Kier alpha value is -2.89. The van der Waals surface area contributed by atoms with E-state index in [1.807, 2.05) is 20.2 Å². The van der Waals surface area contributed by atoms with E-state index in [1.54, 1.807) is 48.5 Å². The summed E-state index contributed by atoms with van der Waals surface area (Å²) >= 11 is 0. The Kier molecular flexibility index (Phi) is 7.78. The van der Waals surface area contributed by atoms with Crippen LogP contribution in [0.25, 0.3) is 11.5 Å². The van der Waals surface area contributed by atoms with Crippen LogP contribution >= 0.6 is 0 Å². The third kappa shape index (κ3) is 6.22. The summed E-state index contributed by atoms with van der Waals surface area (Å²) in [7, 11) is 0.477. The first-order valence-electron chi connectivity index (χ1n) is 11.4. The minimum atomic E-state index is -3.61. The molecule has 1 atom stereocenters. The molecule has 1 saturated heterocycles. The normalized spacial score (nSPS) is 16.9. The highest BCUT2D eigenvalue weighted by atomic mass is 32.2. The number of alkyl halides is 2. The number of sulfonamides is 1. The molecular weight excluding hydrogens is 476 g/mol. The minimum Gasteiger partial charge on any atom is -0.415 e.